The van der Waals surface area contributed by atoms with Gasteiger partial charge in [-0.05, 0) is 33.6 Å². The van der Waals surface area contributed by atoms with Crippen molar-refractivity contribution < 1.29 is 4.52 Å². The van der Waals surface area contributed by atoms with Crippen LogP contribution in [-0.4, -0.2) is 60.2 Å². The SMILES string of the molecule is C#CCNCc1nc(C2CN(C)CCCN2C)no1. The van der Waals surface area contributed by atoms with Crippen molar-refractivity contribution in [3.63, 3.8) is 0 Å². The summed E-state index contributed by atoms with van der Waals surface area (Å²) in [5, 5.41) is 7.14. The molecule has 0 spiro atoms. The molecule has 1 N–H and O–H groups in total. The molecule has 1 unspecified atom stereocenters. The van der Waals surface area contributed by atoms with Gasteiger partial charge in [-0.2, -0.15) is 4.98 Å². The van der Waals surface area contributed by atoms with Gasteiger partial charge in [-0.3, -0.25) is 10.2 Å². The maximum Gasteiger partial charge on any atom is 0.240 e. The lowest BCUT2D eigenvalue weighted by molar-refractivity contribution is 0.214. The van der Waals surface area contributed by atoms with E-state index in [0.717, 1.165) is 31.9 Å². The first-order valence-electron chi connectivity index (χ1n) is 6.56. The number of likely N-dealkylation sites (N-methyl/N-ethyl adjacent to an activating group) is 2. The maximum absolute atomic E-state index is 5.25. The summed E-state index contributed by atoms with van der Waals surface area (Å²) in [5.74, 6) is 3.86. The molecule has 1 atom stereocenters. The second-order valence-electron chi connectivity index (χ2n) is 4.97. The predicted molar refractivity (Wildman–Crippen MR) is 72.3 cm³/mol. The Balaban J connectivity index is 2.01. The summed E-state index contributed by atoms with van der Waals surface area (Å²) in [5.41, 5.74) is 0. The van der Waals surface area contributed by atoms with E-state index in [0.29, 0.717) is 19.0 Å². The molecule has 0 amide bonds. The summed E-state index contributed by atoms with van der Waals surface area (Å²) in [6, 6.07) is 0.192. The van der Waals surface area contributed by atoms with Crippen LogP contribution in [0.3, 0.4) is 0 Å². The van der Waals surface area contributed by atoms with Crippen molar-refractivity contribution >= 4 is 0 Å². The summed E-state index contributed by atoms with van der Waals surface area (Å²) in [4.78, 5) is 9.05. The quantitative estimate of drug-likeness (QED) is 0.614. The monoisotopic (exact) mass is 263 g/mol. The van der Waals surface area contributed by atoms with Crippen molar-refractivity contribution in [3.05, 3.63) is 11.7 Å². The van der Waals surface area contributed by atoms with Gasteiger partial charge in [0, 0.05) is 6.54 Å². The summed E-state index contributed by atoms with van der Waals surface area (Å²) < 4.78 is 5.25. The standard InChI is InChI=1S/C13H21N5O/c1-4-6-14-9-12-15-13(16-19-12)11-10-17(2)7-5-8-18(11)3/h1,11,14H,5-10H2,2-3H3. The van der Waals surface area contributed by atoms with Gasteiger partial charge in [0.15, 0.2) is 5.82 Å². The average Bonchev–Trinajstić information content (AvgIpc) is 2.78. The van der Waals surface area contributed by atoms with Crippen molar-refractivity contribution in [2.45, 2.75) is 19.0 Å². The Bertz CT molecular complexity index is 438. The fourth-order valence-corrected chi connectivity index (χ4v) is 2.27. The Morgan fingerprint density at radius 2 is 2.32 bits per heavy atom. The molecule has 1 aromatic rings. The summed E-state index contributed by atoms with van der Waals surface area (Å²) in [7, 11) is 4.23. The molecule has 1 fully saturated rings. The van der Waals surface area contributed by atoms with Crippen molar-refractivity contribution in [1.82, 2.24) is 25.3 Å². The molecule has 2 rings (SSSR count). The van der Waals surface area contributed by atoms with Gasteiger partial charge in [0.1, 0.15) is 0 Å². The lowest BCUT2D eigenvalue weighted by Crippen LogP contribution is -2.31. The van der Waals surface area contributed by atoms with Gasteiger partial charge < -0.3 is 9.42 Å². The van der Waals surface area contributed by atoms with E-state index >= 15 is 0 Å². The van der Waals surface area contributed by atoms with E-state index in [1.807, 2.05) is 0 Å². The van der Waals surface area contributed by atoms with Crippen molar-refractivity contribution in [2.24, 2.45) is 0 Å². The molecule has 1 aliphatic heterocycles. The molecule has 0 radical (unpaired) electrons. The molecule has 0 aliphatic carbocycles. The van der Waals surface area contributed by atoms with Crippen LogP contribution in [-0.2, 0) is 6.54 Å². The van der Waals surface area contributed by atoms with Crippen molar-refractivity contribution in [2.75, 3.05) is 40.3 Å². The van der Waals surface area contributed by atoms with E-state index in [1.54, 1.807) is 0 Å². The Morgan fingerprint density at radius 3 is 3.11 bits per heavy atom. The molecule has 6 nitrogen and oxygen atoms in total. The number of hydrogen-bond donors (Lipinski definition) is 1. The minimum atomic E-state index is 0.192. The van der Waals surface area contributed by atoms with Crippen LogP contribution < -0.4 is 5.32 Å². The zero-order valence-corrected chi connectivity index (χ0v) is 11.6. The molecular weight excluding hydrogens is 242 g/mol. The zero-order chi connectivity index (χ0) is 13.7. The van der Waals surface area contributed by atoms with E-state index < -0.39 is 0 Å². The van der Waals surface area contributed by atoms with Crippen molar-refractivity contribution in [1.29, 1.82) is 0 Å². The van der Waals surface area contributed by atoms with Crippen LogP contribution in [0.25, 0.3) is 0 Å². The van der Waals surface area contributed by atoms with Gasteiger partial charge in [0.05, 0.1) is 19.1 Å². The van der Waals surface area contributed by atoms with Crippen LogP contribution in [0.4, 0.5) is 0 Å². The maximum atomic E-state index is 5.25. The van der Waals surface area contributed by atoms with Crippen LogP contribution in [0.2, 0.25) is 0 Å². The van der Waals surface area contributed by atoms with Gasteiger partial charge in [-0.25, -0.2) is 0 Å². The third-order valence-corrected chi connectivity index (χ3v) is 3.35. The highest BCUT2D eigenvalue weighted by atomic mass is 16.5. The van der Waals surface area contributed by atoms with Gasteiger partial charge in [-0.15, -0.1) is 6.42 Å². The Kier molecular flexibility index (Phi) is 4.91. The Hall–Kier alpha value is -1.42. The van der Waals surface area contributed by atoms with Crippen LogP contribution >= 0.6 is 0 Å². The normalized spacial score (nSPS) is 22.1. The zero-order valence-electron chi connectivity index (χ0n) is 11.6. The predicted octanol–water partition coefficient (Wildman–Crippen LogP) is 0.101. The minimum absolute atomic E-state index is 0.192. The van der Waals surface area contributed by atoms with E-state index in [9.17, 15) is 0 Å². The average molecular weight is 263 g/mol. The number of nitrogens with zero attached hydrogens (tertiary/aromatic N) is 4. The molecule has 6 heteroatoms. The molecule has 104 valence electrons. The summed E-state index contributed by atoms with van der Waals surface area (Å²) >= 11 is 0. The smallest absolute Gasteiger partial charge is 0.240 e. The van der Waals surface area contributed by atoms with Gasteiger partial charge in [0.2, 0.25) is 5.89 Å². The molecule has 1 aromatic heterocycles. The Morgan fingerprint density at radius 1 is 1.47 bits per heavy atom. The van der Waals surface area contributed by atoms with Gasteiger partial charge >= 0.3 is 0 Å². The lowest BCUT2D eigenvalue weighted by atomic mass is 10.2. The first-order chi connectivity index (χ1) is 9.20. The molecule has 2 heterocycles. The molecule has 1 saturated heterocycles. The second kappa shape index (κ2) is 6.66. The topological polar surface area (TPSA) is 57.4 Å². The third kappa shape index (κ3) is 3.77. The van der Waals surface area contributed by atoms with Crippen LogP contribution in [0.1, 0.15) is 24.2 Å². The molecule has 0 bridgehead atoms. The van der Waals surface area contributed by atoms with E-state index in [4.69, 9.17) is 10.9 Å². The summed E-state index contributed by atoms with van der Waals surface area (Å²) in [6.07, 6.45) is 6.34. The largest absolute Gasteiger partial charge is 0.338 e. The van der Waals surface area contributed by atoms with Crippen LogP contribution in [0, 0.1) is 12.3 Å². The number of rotatable bonds is 4. The second-order valence-corrected chi connectivity index (χ2v) is 4.97. The summed E-state index contributed by atoms with van der Waals surface area (Å²) in [6.45, 7) is 4.10. The van der Waals surface area contributed by atoms with Crippen LogP contribution in [0.5, 0.6) is 0 Å². The fraction of sp³-hybridized carbons (Fsp3) is 0.692. The minimum Gasteiger partial charge on any atom is -0.338 e. The first kappa shape index (κ1) is 14.0. The highest BCUT2D eigenvalue weighted by molar-refractivity contribution is 4.97. The van der Waals surface area contributed by atoms with E-state index in [-0.39, 0.29) is 6.04 Å². The highest BCUT2D eigenvalue weighted by Crippen LogP contribution is 2.20. The third-order valence-electron chi connectivity index (χ3n) is 3.35. The Labute approximate surface area is 114 Å². The van der Waals surface area contributed by atoms with E-state index in [1.165, 1.54) is 0 Å². The molecule has 19 heavy (non-hydrogen) atoms. The highest BCUT2D eigenvalue weighted by Gasteiger charge is 2.26. The van der Waals surface area contributed by atoms with Gasteiger partial charge in [-0.1, -0.05) is 11.1 Å². The number of hydrogen-bond acceptors (Lipinski definition) is 6. The fourth-order valence-electron chi connectivity index (χ4n) is 2.27. The van der Waals surface area contributed by atoms with Crippen molar-refractivity contribution in [3.8, 4) is 12.3 Å². The molecular formula is C13H21N5O. The molecule has 0 aromatic carbocycles. The number of nitrogens with one attached hydrogen (secondary N) is 1. The van der Waals surface area contributed by atoms with Crippen LogP contribution in [0.15, 0.2) is 4.52 Å². The molecule has 1 aliphatic rings. The lowest BCUT2D eigenvalue weighted by Gasteiger charge is -2.24. The number of aromatic nitrogens is 2. The van der Waals surface area contributed by atoms with E-state index in [2.05, 4.69) is 45.3 Å². The first-order valence-corrected chi connectivity index (χ1v) is 6.56. The number of terminal acetylenes is 1. The molecule has 0 saturated carbocycles. The van der Waals surface area contributed by atoms with Gasteiger partial charge in [0.25, 0.3) is 0 Å².